The maximum absolute atomic E-state index is 9.57. The van der Waals surface area contributed by atoms with Gasteiger partial charge in [-0.2, -0.15) is 0 Å². The molecule has 0 saturated carbocycles. The van der Waals surface area contributed by atoms with E-state index in [1.807, 2.05) is 0 Å². The molecule has 4 heteroatoms. The van der Waals surface area contributed by atoms with Crippen molar-refractivity contribution in [3.8, 4) is 0 Å². The first-order valence-electron chi connectivity index (χ1n) is 1.32. The second-order valence-corrected chi connectivity index (χ2v) is 1.20. The summed E-state index contributed by atoms with van der Waals surface area (Å²) in [7, 11) is 0. The Morgan fingerprint density at radius 1 is 2.00 bits per heavy atom. The zero-order chi connectivity index (χ0) is 4.99. The lowest BCUT2D eigenvalue weighted by molar-refractivity contribution is 0.249. The van der Waals surface area contributed by atoms with Crippen LogP contribution < -0.4 is 11.1 Å². The van der Waals surface area contributed by atoms with Gasteiger partial charge in [0.2, 0.25) is 0 Å². The van der Waals surface area contributed by atoms with Gasteiger partial charge in [-0.25, -0.2) is 10.5 Å². The number of urea groups is 1. The van der Waals surface area contributed by atoms with Gasteiger partial charge in [0.05, 0.1) is 5.45 Å². The number of amides is 2. The molecule has 6 heavy (non-hydrogen) atoms. The average molecular weight is 152 g/mol. The van der Waals surface area contributed by atoms with Gasteiger partial charge in [0.15, 0.2) is 0 Å². The Hall–Kier alpha value is -0.250. The third-order valence-corrected chi connectivity index (χ3v) is 0.508. The van der Waals surface area contributed by atoms with Crippen LogP contribution in [0.15, 0.2) is 0 Å². The summed E-state index contributed by atoms with van der Waals surface area (Å²) in [5.74, 6) is 0. The lowest BCUT2D eigenvalue weighted by Gasteiger charge is -1.85. The molecule has 2 amide bonds. The highest BCUT2D eigenvalue weighted by Gasteiger charge is 1.82. The molecule has 0 aliphatic heterocycles. The number of halogens is 1. The van der Waals surface area contributed by atoms with Crippen LogP contribution >= 0.6 is 15.9 Å². The topological polar surface area (TPSA) is 52.9 Å². The molecule has 0 aliphatic carbocycles. The second-order valence-electron chi connectivity index (χ2n) is 0.640. The molecule has 0 atom stereocenters. The SMILES string of the molecule is [NH]C(=O)NCBr. The first-order chi connectivity index (χ1) is 2.77. The third kappa shape index (κ3) is 3.75. The highest BCUT2D eigenvalue weighted by molar-refractivity contribution is 9.09. The predicted molar refractivity (Wildman–Crippen MR) is 25.4 cm³/mol. The van der Waals surface area contributed by atoms with Crippen LogP contribution in [0.25, 0.3) is 0 Å². The molecular formula is C2H4BrN2O. The number of hydrogen-bond acceptors (Lipinski definition) is 1. The second kappa shape index (κ2) is 2.96. The van der Waals surface area contributed by atoms with Crippen LogP contribution in [-0.4, -0.2) is 11.5 Å². The Balaban J connectivity index is 2.83. The monoisotopic (exact) mass is 151 g/mol. The molecular weight excluding hydrogens is 148 g/mol. The van der Waals surface area contributed by atoms with Crippen molar-refractivity contribution in [3.63, 3.8) is 0 Å². The van der Waals surface area contributed by atoms with Gasteiger partial charge in [-0.15, -0.1) is 0 Å². The molecule has 0 aromatic carbocycles. The van der Waals surface area contributed by atoms with E-state index in [0.717, 1.165) is 0 Å². The van der Waals surface area contributed by atoms with Gasteiger partial charge in [-0.3, -0.25) is 0 Å². The molecule has 0 rings (SSSR count). The Bertz CT molecular complexity index is 55.5. The van der Waals surface area contributed by atoms with E-state index in [-0.39, 0.29) is 0 Å². The van der Waals surface area contributed by atoms with Gasteiger partial charge in [-0.05, 0) is 0 Å². The van der Waals surface area contributed by atoms with E-state index < -0.39 is 6.03 Å². The van der Waals surface area contributed by atoms with Crippen LogP contribution in [0.3, 0.4) is 0 Å². The molecule has 0 saturated heterocycles. The molecule has 3 nitrogen and oxygen atoms in total. The highest BCUT2D eigenvalue weighted by atomic mass is 79.9. The molecule has 1 radical (unpaired) electrons. The van der Waals surface area contributed by atoms with Crippen LogP contribution in [0.5, 0.6) is 0 Å². The Morgan fingerprint density at radius 3 is 2.50 bits per heavy atom. The zero-order valence-corrected chi connectivity index (χ0v) is 4.58. The molecule has 0 spiro atoms. The van der Waals surface area contributed by atoms with Crippen molar-refractivity contribution in [1.82, 2.24) is 11.1 Å². The van der Waals surface area contributed by atoms with E-state index in [0.29, 0.717) is 5.45 Å². The summed E-state index contributed by atoms with van der Waals surface area (Å²) in [4.78, 5) is 9.57. The van der Waals surface area contributed by atoms with E-state index in [1.165, 1.54) is 0 Å². The summed E-state index contributed by atoms with van der Waals surface area (Å²) in [6.45, 7) is 0. The summed E-state index contributed by atoms with van der Waals surface area (Å²) < 4.78 is 0. The van der Waals surface area contributed by atoms with Crippen molar-refractivity contribution in [2.24, 2.45) is 0 Å². The largest absolute Gasteiger partial charge is 0.334 e. The van der Waals surface area contributed by atoms with E-state index >= 15 is 0 Å². The van der Waals surface area contributed by atoms with Crippen molar-refractivity contribution >= 4 is 22.0 Å². The van der Waals surface area contributed by atoms with Gasteiger partial charge in [0.1, 0.15) is 0 Å². The molecule has 35 valence electrons. The van der Waals surface area contributed by atoms with Crippen molar-refractivity contribution in [2.45, 2.75) is 0 Å². The molecule has 0 aromatic heterocycles. The molecule has 0 aromatic rings. The van der Waals surface area contributed by atoms with E-state index in [2.05, 4.69) is 21.2 Å². The minimum absolute atomic E-state index is 0.356. The fourth-order valence-corrected chi connectivity index (χ4v) is 0.315. The third-order valence-electron chi connectivity index (χ3n) is 0.227. The first kappa shape index (κ1) is 5.75. The highest BCUT2D eigenvalue weighted by Crippen LogP contribution is 1.68. The molecule has 0 unspecified atom stereocenters. The number of hydrogen-bond donors (Lipinski definition) is 1. The average Bonchev–Trinajstić information content (AvgIpc) is 1.35. The summed E-state index contributed by atoms with van der Waals surface area (Å²) in [5, 5.41) is 2.15. The minimum Gasteiger partial charge on any atom is -0.327 e. The minimum atomic E-state index is -0.758. The molecule has 0 fully saturated rings. The van der Waals surface area contributed by atoms with Crippen LogP contribution in [0.4, 0.5) is 4.79 Å². The zero-order valence-electron chi connectivity index (χ0n) is 2.99. The number of carbonyl (C=O) groups excluding carboxylic acids is 1. The standard InChI is InChI=1S/C2H4BrN2O/c3-1-5-2(4)6/h4H,1H2,(H,5,6). The van der Waals surface area contributed by atoms with Gasteiger partial charge >= 0.3 is 6.03 Å². The lowest BCUT2D eigenvalue weighted by Crippen LogP contribution is -2.19. The summed E-state index contributed by atoms with van der Waals surface area (Å²) >= 11 is 2.90. The van der Waals surface area contributed by atoms with Gasteiger partial charge in [-0.1, -0.05) is 15.9 Å². The summed E-state index contributed by atoms with van der Waals surface area (Å²) in [6.07, 6.45) is 0. The number of rotatable bonds is 1. The van der Waals surface area contributed by atoms with Crippen LogP contribution in [0.2, 0.25) is 0 Å². The number of alkyl halides is 1. The van der Waals surface area contributed by atoms with Crippen molar-refractivity contribution < 1.29 is 4.79 Å². The van der Waals surface area contributed by atoms with Crippen LogP contribution in [-0.2, 0) is 0 Å². The summed E-state index contributed by atoms with van der Waals surface area (Å²) in [6, 6.07) is -0.758. The number of nitrogens with one attached hydrogen (secondary N) is 2. The van der Waals surface area contributed by atoms with Gasteiger partial charge in [0.25, 0.3) is 0 Å². The molecule has 0 bridgehead atoms. The normalized spacial score (nSPS) is 7.50. The lowest BCUT2D eigenvalue weighted by atomic mass is 11.0. The maximum atomic E-state index is 9.57. The maximum Gasteiger partial charge on any atom is 0.334 e. The Labute approximate surface area is 44.0 Å². The van der Waals surface area contributed by atoms with E-state index in [1.54, 1.807) is 0 Å². The molecule has 2 N–H and O–H groups in total. The molecule has 0 aliphatic rings. The quantitative estimate of drug-likeness (QED) is 0.427. The fourth-order valence-electron chi connectivity index (χ4n) is 0.0607. The fraction of sp³-hybridized carbons (Fsp3) is 0.500. The Morgan fingerprint density at radius 2 is 2.50 bits per heavy atom. The van der Waals surface area contributed by atoms with E-state index in [4.69, 9.17) is 5.73 Å². The van der Waals surface area contributed by atoms with Crippen molar-refractivity contribution in [2.75, 3.05) is 5.45 Å². The molecule has 0 heterocycles. The van der Waals surface area contributed by atoms with Crippen LogP contribution in [0.1, 0.15) is 0 Å². The predicted octanol–water partition coefficient (Wildman–Crippen LogP) is 0.331. The first-order valence-corrected chi connectivity index (χ1v) is 2.45. The van der Waals surface area contributed by atoms with Crippen molar-refractivity contribution in [1.29, 1.82) is 0 Å². The van der Waals surface area contributed by atoms with Crippen molar-refractivity contribution in [3.05, 3.63) is 0 Å². The Kier molecular flexibility index (Phi) is 2.84. The van der Waals surface area contributed by atoms with Crippen LogP contribution in [0, 0.1) is 0 Å². The van der Waals surface area contributed by atoms with Gasteiger partial charge < -0.3 is 5.32 Å². The smallest absolute Gasteiger partial charge is 0.327 e. The summed E-state index contributed by atoms with van der Waals surface area (Å²) in [5.41, 5.74) is 6.55. The van der Waals surface area contributed by atoms with E-state index in [9.17, 15) is 4.79 Å². The number of carbonyl (C=O) groups is 1. The van der Waals surface area contributed by atoms with Gasteiger partial charge in [0, 0.05) is 0 Å².